The SMILES string of the molecule is CCOC(=O)N1CCN(C(=O)c2cc(N3CCCCS3(=O)=O)ccc2Cl)CC1. The first-order valence-corrected chi connectivity index (χ1v) is 11.3. The maximum absolute atomic E-state index is 13.0. The number of ether oxygens (including phenoxy) is 1. The minimum absolute atomic E-state index is 0.106. The van der Waals surface area contributed by atoms with Crippen molar-refractivity contribution in [3.63, 3.8) is 0 Å². The van der Waals surface area contributed by atoms with Gasteiger partial charge in [0.15, 0.2) is 0 Å². The van der Waals surface area contributed by atoms with Gasteiger partial charge in [-0.2, -0.15) is 0 Å². The second kappa shape index (κ2) is 8.57. The molecule has 154 valence electrons. The van der Waals surface area contributed by atoms with E-state index < -0.39 is 10.0 Å². The van der Waals surface area contributed by atoms with Crippen LogP contribution in [-0.4, -0.2) is 75.3 Å². The Balaban J connectivity index is 1.75. The predicted octanol–water partition coefficient (Wildman–Crippen LogP) is 2.18. The number of amides is 2. The van der Waals surface area contributed by atoms with Crippen molar-refractivity contribution < 1.29 is 22.7 Å². The number of piperazine rings is 1. The largest absolute Gasteiger partial charge is 0.450 e. The Kier molecular flexibility index (Phi) is 6.34. The molecular formula is C18H24ClN3O5S. The fourth-order valence-corrected chi connectivity index (χ4v) is 5.22. The minimum atomic E-state index is -3.37. The molecule has 2 saturated heterocycles. The van der Waals surface area contributed by atoms with Crippen molar-refractivity contribution >= 4 is 39.3 Å². The highest BCUT2D eigenvalue weighted by atomic mass is 35.5. The second-order valence-corrected chi connectivity index (χ2v) is 9.16. The number of carbonyl (C=O) groups is 2. The number of nitrogens with zero attached hydrogens (tertiary/aromatic N) is 3. The summed E-state index contributed by atoms with van der Waals surface area (Å²) in [7, 11) is -3.37. The highest BCUT2D eigenvalue weighted by Crippen LogP contribution is 2.29. The summed E-state index contributed by atoms with van der Waals surface area (Å²) in [5.41, 5.74) is 0.724. The summed E-state index contributed by atoms with van der Waals surface area (Å²) in [6.07, 6.45) is 1.04. The van der Waals surface area contributed by atoms with Crippen molar-refractivity contribution in [2.45, 2.75) is 19.8 Å². The van der Waals surface area contributed by atoms with E-state index in [1.165, 1.54) is 4.31 Å². The van der Waals surface area contributed by atoms with Crippen LogP contribution in [0.15, 0.2) is 18.2 Å². The molecule has 0 aliphatic carbocycles. The lowest BCUT2D eigenvalue weighted by molar-refractivity contribution is 0.0570. The molecule has 0 spiro atoms. The molecule has 0 radical (unpaired) electrons. The van der Waals surface area contributed by atoms with E-state index in [-0.39, 0.29) is 28.3 Å². The Morgan fingerprint density at radius 2 is 1.75 bits per heavy atom. The van der Waals surface area contributed by atoms with Gasteiger partial charge in [-0.05, 0) is 38.0 Å². The van der Waals surface area contributed by atoms with Crippen molar-refractivity contribution in [2.75, 3.05) is 49.4 Å². The van der Waals surface area contributed by atoms with Crippen LogP contribution in [0.2, 0.25) is 5.02 Å². The summed E-state index contributed by atoms with van der Waals surface area (Å²) in [6.45, 7) is 3.93. The van der Waals surface area contributed by atoms with Gasteiger partial charge in [-0.15, -0.1) is 0 Å². The van der Waals surface area contributed by atoms with Gasteiger partial charge in [0.2, 0.25) is 10.0 Å². The summed E-state index contributed by atoms with van der Waals surface area (Å²) in [6, 6.07) is 4.73. The third-order valence-corrected chi connectivity index (χ3v) is 7.11. The van der Waals surface area contributed by atoms with E-state index in [0.29, 0.717) is 51.4 Å². The van der Waals surface area contributed by atoms with Crippen LogP contribution < -0.4 is 4.31 Å². The Morgan fingerprint density at radius 3 is 2.39 bits per heavy atom. The van der Waals surface area contributed by atoms with Gasteiger partial charge in [0.1, 0.15) is 0 Å². The topological polar surface area (TPSA) is 87.2 Å². The zero-order valence-corrected chi connectivity index (χ0v) is 17.3. The van der Waals surface area contributed by atoms with E-state index in [1.54, 1.807) is 34.9 Å². The van der Waals surface area contributed by atoms with Crippen LogP contribution in [0.3, 0.4) is 0 Å². The molecule has 2 fully saturated rings. The Labute approximate surface area is 170 Å². The highest BCUT2D eigenvalue weighted by molar-refractivity contribution is 7.92. The van der Waals surface area contributed by atoms with Gasteiger partial charge in [-0.3, -0.25) is 9.10 Å². The summed E-state index contributed by atoms with van der Waals surface area (Å²) >= 11 is 6.24. The fourth-order valence-electron chi connectivity index (χ4n) is 3.39. The van der Waals surface area contributed by atoms with E-state index in [0.717, 1.165) is 6.42 Å². The normalized spacial score (nSPS) is 19.4. The average Bonchev–Trinajstić information content (AvgIpc) is 2.68. The first-order valence-electron chi connectivity index (χ1n) is 9.34. The van der Waals surface area contributed by atoms with E-state index in [9.17, 15) is 18.0 Å². The summed E-state index contributed by atoms with van der Waals surface area (Å²) in [4.78, 5) is 27.9. The average molecular weight is 430 g/mol. The van der Waals surface area contributed by atoms with E-state index in [2.05, 4.69) is 0 Å². The lowest BCUT2D eigenvalue weighted by Gasteiger charge is -2.34. The van der Waals surface area contributed by atoms with Crippen LogP contribution in [-0.2, 0) is 14.8 Å². The predicted molar refractivity (Wildman–Crippen MR) is 106 cm³/mol. The lowest BCUT2D eigenvalue weighted by Crippen LogP contribution is -2.50. The van der Waals surface area contributed by atoms with Crippen LogP contribution >= 0.6 is 11.6 Å². The standard InChI is InChI=1S/C18H24ClN3O5S/c1-2-27-18(24)21-10-8-20(9-11-21)17(23)15-13-14(5-6-16(15)19)22-7-3-4-12-28(22,25)26/h5-6,13H,2-4,7-12H2,1H3. The number of anilines is 1. The summed E-state index contributed by atoms with van der Waals surface area (Å²) < 4.78 is 31.0. The van der Waals surface area contributed by atoms with E-state index in [4.69, 9.17) is 16.3 Å². The van der Waals surface area contributed by atoms with Crippen LogP contribution in [0.4, 0.5) is 10.5 Å². The van der Waals surface area contributed by atoms with Crippen LogP contribution in [0.5, 0.6) is 0 Å². The summed E-state index contributed by atoms with van der Waals surface area (Å²) in [5, 5.41) is 0.274. The number of rotatable bonds is 3. The second-order valence-electron chi connectivity index (χ2n) is 6.74. The first kappa shape index (κ1) is 20.7. The molecule has 0 N–H and O–H groups in total. The molecule has 0 aromatic heterocycles. The van der Waals surface area contributed by atoms with Crippen molar-refractivity contribution in [3.05, 3.63) is 28.8 Å². The first-order chi connectivity index (χ1) is 13.3. The maximum Gasteiger partial charge on any atom is 0.409 e. The fraction of sp³-hybridized carbons (Fsp3) is 0.556. The van der Waals surface area contributed by atoms with Crippen molar-refractivity contribution in [3.8, 4) is 0 Å². The molecule has 2 amide bonds. The quantitative estimate of drug-likeness (QED) is 0.734. The molecule has 2 aliphatic heterocycles. The molecule has 8 nitrogen and oxygen atoms in total. The number of hydrogen-bond acceptors (Lipinski definition) is 5. The third-order valence-electron chi connectivity index (χ3n) is 4.91. The van der Waals surface area contributed by atoms with Gasteiger partial charge in [0, 0.05) is 32.7 Å². The Morgan fingerprint density at radius 1 is 1.07 bits per heavy atom. The van der Waals surface area contributed by atoms with Crippen molar-refractivity contribution in [2.24, 2.45) is 0 Å². The number of halogens is 1. The molecule has 1 aromatic rings. The van der Waals surface area contributed by atoms with Gasteiger partial charge < -0.3 is 14.5 Å². The number of hydrogen-bond donors (Lipinski definition) is 0. The molecule has 2 heterocycles. The highest BCUT2D eigenvalue weighted by Gasteiger charge is 2.29. The Bertz CT molecular complexity index is 853. The molecule has 0 atom stereocenters. The molecule has 28 heavy (non-hydrogen) atoms. The van der Waals surface area contributed by atoms with E-state index in [1.807, 2.05) is 0 Å². The summed E-state index contributed by atoms with van der Waals surface area (Å²) in [5.74, 6) is -0.167. The monoisotopic (exact) mass is 429 g/mol. The molecule has 2 aliphatic rings. The molecule has 0 saturated carbocycles. The van der Waals surface area contributed by atoms with Crippen LogP contribution in [0.25, 0.3) is 0 Å². The number of carbonyl (C=O) groups excluding carboxylic acids is 2. The van der Waals surface area contributed by atoms with Gasteiger partial charge in [0.05, 0.1) is 28.6 Å². The number of benzene rings is 1. The smallest absolute Gasteiger partial charge is 0.409 e. The molecule has 3 rings (SSSR count). The zero-order valence-electron chi connectivity index (χ0n) is 15.8. The third kappa shape index (κ3) is 4.35. The van der Waals surface area contributed by atoms with Gasteiger partial charge in [0.25, 0.3) is 5.91 Å². The van der Waals surface area contributed by atoms with Gasteiger partial charge >= 0.3 is 6.09 Å². The minimum Gasteiger partial charge on any atom is -0.450 e. The van der Waals surface area contributed by atoms with Crippen LogP contribution in [0, 0.1) is 0 Å². The van der Waals surface area contributed by atoms with Crippen molar-refractivity contribution in [1.29, 1.82) is 0 Å². The molecule has 10 heteroatoms. The Hall–Kier alpha value is -2.00. The van der Waals surface area contributed by atoms with Crippen molar-refractivity contribution in [1.82, 2.24) is 9.80 Å². The molecule has 0 bridgehead atoms. The van der Waals surface area contributed by atoms with Gasteiger partial charge in [-0.25, -0.2) is 13.2 Å². The van der Waals surface area contributed by atoms with Gasteiger partial charge in [-0.1, -0.05) is 11.6 Å². The maximum atomic E-state index is 13.0. The molecular weight excluding hydrogens is 406 g/mol. The lowest BCUT2D eigenvalue weighted by atomic mass is 10.1. The van der Waals surface area contributed by atoms with Crippen LogP contribution in [0.1, 0.15) is 30.1 Å². The molecule has 0 unspecified atom stereocenters. The zero-order chi connectivity index (χ0) is 20.3. The van der Waals surface area contributed by atoms with E-state index >= 15 is 0 Å². The molecule has 1 aromatic carbocycles. The number of sulfonamides is 1.